The number of tetrazole rings is 1. The Labute approximate surface area is 175 Å². The smallest absolute Gasteiger partial charge is 0.180 e. The third kappa shape index (κ3) is 4.21. The molecule has 4 aromatic rings. The SMILES string of the molecule is CCCN(Cc1ccc(-c2ccccc2-c2nnn[nH]2)cc1)c1ncccc1CO. The van der Waals surface area contributed by atoms with E-state index in [0.717, 1.165) is 47.6 Å². The minimum atomic E-state index is -0.0183. The zero-order valence-corrected chi connectivity index (χ0v) is 16.9. The Morgan fingerprint density at radius 3 is 2.47 bits per heavy atom. The molecule has 0 bridgehead atoms. The van der Waals surface area contributed by atoms with Gasteiger partial charge in [-0.3, -0.25) is 0 Å². The summed E-state index contributed by atoms with van der Waals surface area (Å²) in [6.07, 6.45) is 2.77. The average Bonchev–Trinajstić information content (AvgIpc) is 3.34. The second kappa shape index (κ2) is 9.28. The number of hydrogen-bond acceptors (Lipinski definition) is 6. The van der Waals surface area contributed by atoms with E-state index in [2.05, 4.69) is 67.8 Å². The van der Waals surface area contributed by atoms with Crippen LogP contribution in [0.2, 0.25) is 0 Å². The monoisotopic (exact) mass is 400 g/mol. The fourth-order valence-corrected chi connectivity index (χ4v) is 3.59. The van der Waals surface area contributed by atoms with E-state index in [1.54, 1.807) is 6.20 Å². The highest BCUT2D eigenvalue weighted by Gasteiger charge is 2.13. The molecule has 2 N–H and O–H groups in total. The van der Waals surface area contributed by atoms with Gasteiger partial charge in [-0.25, -0.2) is 10.1 Å². The van der Waals surface area contributed by atoms with Gasteiger partial charge in [0.1, 0.15) is 5.82 Å². The fourth-order valence-electron chi connectivity index (χ4n) is 3.59. The Hall–Kier alpha value is -3.58. The van der Waals surface area contributed by atoms with Gasteiger partial charge in [0.2, 0.25) is 0 Å². The average molecular weight is 400 g/mol. The Morgan fingerprint density at radius 1 is 0.967 bits per heavy atom. The van der Waals surface area contributed by atoms with Crippen molar-refractivity contribution in [2.24, 2.45) is 0 Å². The normalized spacial score (nSPS) is 10.9. The summed E-state index contributed by atoms with van der Waals surface area (Å²) in [5.74, 6) is 1.49. The van der Waals surface area contributed by atoms with Gasteiger partial charge in [0.25, 0.3) is 0 Å². The van der Waals surface area contributed by atoms with Gasteiger partial charge in [-0.2, -0.15) is 0 Å². The predicted molar refractivity (Wildman–Crippen MR) is 117 cm³/mol. The second-order valence-corrected chi connectivity index (χ2v) is 7.06. The first-order valence-electron chi connectivity index (χ1n) is 10.0. The lowest BCUT2D eigenvalue weighted by Crippen LogP contribution is -2.25. The van der Waals surface area contributed by atoms with Gasteiger partial charge in [0.15, 0.2) is 5.82 Å². The molecule has 0 atom stereocenters. The zero-order chi connectivity index (χ0) is 20.8. The predicted octanol–water partition coefficient (Wildman–Crippen LogP) is 3.84. The van der Waals surface area contributed by atoms with Gasteiger partial charge in [0, 0.05) is 30.4 Å². The molecule has 4 rings (SSSR count). The fraction of sp³-hybridized carbons (Fsp3) is 0.217. The first kappa shape index (κ1) is 19.7. The van der Waals surface area contributed by atoms with Gasteiger partial charge >= 0.3 is 0 Å². The molecule has 0 spiro atoms. The lowest BCUT2D eigenvalue weighted by Gasteiger charge is -2.25. The van der Waals surface area contributed by atoms with Crippen molar-refractivity contribution in [1.29, 1.82) is 0 Å². The quantitative estimate of drug-likeness (QED) is 0.467. The van der Waals surface area contributed by atoms with Crippen molar-refractivity contribution in [2.45, 2.75) is 26.5 Å². The molecule has 2 aromatic carbocycles. The highest BCUT2D eigenvalue weighted by molar-refractivity contribution is 5.80. The van der Waals surface area contributed by atoms with E-state index < -0.39 is 0 Å². The topological polar surface area (TPSA) is 90.8 Å². The number of nitrogens with zero attached hydrogens (tertiary/aromatic N) is 5. The minimum Gasteiger partial charge on any atom is -0.392 e. The van der Waals surface area contributed by atoms with E-state index in [1.165, 1.54) is 5.56 Å². The van der Waals surface area contributed by atoms with Crippen LogP contribution in [0.15, 0.2) is 66.9 Å². The third-order valence-electron chi connectivity index (χ3n) is 5.00. The van der Waals surface area contributed by atoms with Crippen molar-refractivity contribution in [2.75, 3.05) is 11.4 Å². The zero-order valence-electron chi connectivity index (χ0n) is 16.9. The van der Waals surface area contributed by atoms with Crippen LogP contribution in [-0.2, 0) is 13.2 Å². The number of aliphatic hydroxyl groups is 1. The molecular formula is C23H24N6O. The number of pyridine rings is 1. The molecular weight excluding hydrogens is 376 g/mol. The van der Waals surface area contributed by atoms with Crippen LogP contribution in [-0.4, -0.2) is 37.3 Å². The number of rotatable bonds is 8. The number of anilines is 1. The maximum Gasteiger partial charge on any atom is 0.180 e. The summed E-state index contributed by atoms with van der Waals surface area (Å²) in [5, 5.41) is 24.0. The van der Waals surface area contributed by atoms with E-state index in [0.29, 0.717) is 5.82 Å². The van der Waals surface area contributed by atoms with Crippen molar-refractivity contribution in [1.82, 2.24) is 25.6 Å². The molecule has 152 valence electrons. The number of H-pyrrole nitrogens is 1. The molecule has 0 aliphatic heterocycles. The summed E-state index contributed by atoms with van der Waals surface area (Å²) in [7, 11) is 0. The van der Waals surface area contributed by atoms with Crippen molar-refractivity contribution < 1.29 is 5.11 Å². The minimum absolute atomic E-state index is 0.0183. The Kier molecular flexibility index (Phi) is 6.10. The van der Waals surface area contributed by atoms with Gasteiger partial charge in [-0.05, 0) is 39.6 Å². The van der Waals surface area contributed by atoms with Crippen LogP contribution in [0.5, 0.6) is 0 Å². The summed E-state index contributed by atoms with van der Waals surface area (Å²) in [4.78, 5) is 6.73. The molecule has 0 aliphatic carbocycles. The van der Waals surface area contributed by atoms with Crippen LogP contribution in [0, 0.1) is 0 Å². The van der Waals surface area contributed by atoms with Crippen LogP contribution >= 0.6 is 0 Å². The molecule has 30 heavy (non-hydrogen) atoms. The maximum absolute atomic E-state index is 9.69. The van der Waals surface area contributed by atoms with E-state index in [4.69, 9.17) is 0 Å². The van der Waals surface area contributed by atoms with Crippen molar-refractivity contribution in [3.05, 3.63) is 78.0 Å². The van der Waals surface area contributed by atoms with Crippen molar-refractivity contribution >= 4 is 5.82 Å². The Bertz CT molecular complexity index is 1080. The molecule has 0 unspecified atom stereocenters. The molecule has 7 heteroatoms. The number of aromatic amines is 1. The summed E-state index contributed by atoms with van der Waals surface area (Å²) in [6.45, 7) is 3.72. The number of nitrogens with one attached hydrogen (secondary N) is 1. The van der Waals surface area contributed by atoms with Crippen molar-refractivity contribution in [3.8, 4) is 22.5 Å². The van der Waals surface area contributed by atoms with E-state index >= 15 is 0 Å². The molecule has 7 nitrogen and oxygen atoms in total. The molecule has 2 heterocycles. The highest BCUT2D eigenvalue weighted by Crippen LogP contribution is 2.30. The first-order chi connectivity index (χ1) is 14.8. The molecule has 0 fully saturated rings. The van der Waals surface area contributed by atoms with Crippen LogP contribution in [0.25, 0.3) is 22.5 Å². The molecule has 0 saturated carbocycles. The lowest BCUT2D eigenvalue weighted by atomic mass is 9.98. The standard InChI is InChI=1S/C23H24N6O/c1-2-14-29(23-19(16-30)6-5-13-24-23)15-17-9-11-18(12-10-17)20-7-3-4-8-21(20)22-25-27-28-26-22/h3-13,30H,2,14-16H2,1H3,(H,25,26,27,28). The van der Waals surface area contributed by atoms with Crippen LogP contribution in [0.3, 0.4) is 0 Å². The summed E-state index contributed by atoms with van der Waals surface area (Å²) < 4.78 is 0. The summed E-state index contributed by atoms with van der Waals surface area (Å²) in [6, 6.07) is 20.3. The lowest BCUT2D eigenvalue weighted by molar-refractivity contribution is 0.281. The molecule has 2 aromatic heterocycles. The molecule has 0 radical (unpaired) electrons. The van der Waals surface area contributed by atoms with Gasteiger partial charge < -0.3 is 10.0 Å². The second-order valence-electron chi connectivity index (χ2n) is 7.06. The summed E-state index contributed by atoms with van der Waals surface area (Å²) >= 11 is 0. The summed E-state index contributed by atoms with van der Waals surface area (Å²) in [5.41, 5.74) is 5.16. The molecule has 0 amide bonds. The third-order valence-corrected chi connectivity index (χ3v) is 5.00. The molecule has 0 saturated heterocycles. The highest BCUT2D eigenvalue weighted by atomic mass is 16.3. The largest absolute Gasteiger partial charge is 0.392 e. The van der Waals surface area contributed by atoms with Gasteiger partial charge in [-0.1, -0.05) is 61.5 Å². The number of benzene rings is 2. The molecule has 0 aliphatic rings. The van der Waals surface area contributed by atoms with Crippen LogP contribution in [0.4, 0.5) is 5.82 Å². The Morgan fingerprint density at radius 2 is 1.77 bits per heavy atom. The first-order valence-corrected chi connectivity index (χ1v) is 10.0. The van der Waals surface area contributed by atoms with Crippen molar-refractivity contribution in [3.63, 3.8) is 0 Å². The Balaban J connectivity index is 1.60. The number of aromatic nitrogens is 5. The van der Waals surface area contributed by atoms with E-state index in [9.17, 15) is 5.11 Å². The van der Waals surface area contributed by atoms with Gasteiger partial charge in [0.05, 0.1) is 6.61 Å². The number of aliphatic hydroxyl groups excluding tert-OH is 1. The van der Waals surface area contributed by atoms with E-state index in [-0.39, 0.29) is 6.61 Å². The number of hydrogen-bond donors (Lipinski definition) is 2. The van der Waals surface area contributed by atoms with Crippen LogP contribution in [0.1, 0.15) is 24.5 Å². The maximum atomic E-state index is 9.69. The van der Waals surface area contributed by atoms with Crippen LogP contribution < -0.4 is 4.90 Å². The van der Waals surface area contributed by atoms with Gasteiger partial charge in [-0.15, -0.1) is 5.10 Å². The van der Waals surface area contributed by atoms with E-state index in [1.807, 2.05) is 30.3 Å².